The lowest BCUT2D eigenvalue weighted by Crippen LogP contribution is -2.42. The van der Waals surface area contributed by atoms with E-state index in [4.69, 9.17) is 24.2 Å². The molecular weight excluding hydrogens is 334 g/mol. The number of alkyl halides is 5. The van der Waals surface area contributed by atoms with Crippen molar-refractivity contribution in [3.63, 3.8) is 0 Å². The van der Waals surface area contributed by atoms with Crippen LogP contribution in [-0.2, 0) is 4.74 Å². The average molecular weight is 358 g/mol. The van der Waals surface area contributed by atoms with Crippen molar-refractivity contribution in [3.05, 3.63) is 11.8 Å². The maximum absolute atomic E-state index is 14.1. The van der Waals surface area contributed by atoms with Crippen molar-refractivity contribution in [1.82, 2.24) is 10.7 Å². The molecule has 5 nitrogen and oxygen atoms in total. The Morgan fingerprint density at radius 3 is 2.29 bits per heavy atom. The van der Waals surface area contributed by atoms with Crippen LogP contribution in [-0.4, -0.2) is 71.6 Å². The van der Waals surface area contributed by atoms with Crippen molar-refractivity contribution in [3.8, 4) is 0 Å². The van der Waals surface area contributed by atoms with Gasteiger partial charge >= 0.3 is 0 Å². The summed E-state index contributed by atoms with van der Waals surface area (Å²) in [5, 5.41) is 2.72. The first-order valence-electron chi connectivity index (χ1n) is 7.44. The minimum absolute atomic E-state index is 0.197. The van der Waals surface area contributed by atoms with Crippen molar-refractivity contribution in [1.29, 1.82) is 0 Å². The van der Waals surface area contributed by atoms with Crippen LogP contribution in [0.2, 0.25) is 6.32 Å². The zero-order chi connectivity index (χ0) is 18.5. The average Bonchev–Trinajstić information content (AvgIpc) is 2.60. The van der Waals surface area contributed by atoms with Crippen LogP contribution >= 0.6 is 0 Å². The standard InChI is InChI=1S/C13H24BF5N4O/c14-5-9(15)11(17)13(19)12(18)10(16)8(7-23-21)6-22-2-4-24-3-1-20/h7,9-13,22-23H,1-6,20-21H2/b8-7+. The summed E-state index contributed by atoms with van der Waals surface area (Å²) in [5.74, 6) is 5.02. The van der Waals surface area contributed by atoms with Crippen molar-refractivity contribution in [2.45, 2.75) is 37.2 Å². The molecule has 0 aliphatic heterocycles. The SMILES string of the molecule is [B]CC(F)C(F)C(F)C(F)C(F)/C(=C/NN)CNCCOCCN. The Balaban J connectivity index is 4.55. The van der Waals surface area contributed by atoms with Crippen LogP contribution in [0.15, 0.2) is 11.8 Å². The van der Waals surface area contributed by atoms with Crippen LogP contribution in [0.5, 0.6) is 0 Å². The number of hydrazine groups is 1. The highest BCUT2D eigenvalue weighted by Gasteiger charge is 2.40. The summed E-state index contributed by atoms with van der Waals surface area (Å²) in [6, 6.07) is 0. The number of hydrogen-bond donors (Lipinski definition) is 4. The van der Waals surface area contributed by atoms with Crippen LogP contribution in [0, 0.1) is 0 Å². The van der Waals surface area contributed by atoms with Gasteiger partial charge in [0.1, 0.15) is 6.17 Å². The monoisotopic (exact) mass is 358 g/mol. The van der Waals surface area contributed by atoms with E-state index >= 15 is 0 Å². The zero-order valence-electron chi connectivity index (χ0n) is 13.2. The Bertz CT molecular complexity index is 356. The number of hydrogen-bond acceptors (Lipinski definition) is 5. The molecule has 0 fully saturated rings. The van der Waals surface area contributed by atoms with E-state index in [1.165, 1.54) is 0 Å². The number of nitrogens with two attached hydrogens (primary N) is 2. The van der Waals surface area contributed by atoms with Crippen molar-refractivity contribution >= 4 is 7.85 Å². The smallest absolute Gasteiger partial charge is 0.169 e. The quantitative estimate of drug-likeness (QED) is 0.117. The summed E-state index contributed by atoms with van der Waals surface area (Å²) in [4.78, 5) is 0. The predicted molar refractivity (Wildman–Crippen MR) is 83.2 cm³/mol. The second-order valence-electron chi connectivity index (χ2n) is 4.95. The third kappa shape index (κ3) is 8.27. The molecule has 0 amide bonds. The summed E-state index contributed by atoms with van der Waals surface area (Å²) in [5.41, 5.74) is 6.93. The highest BCUT2D eigenvalue weighted by atomic mass is 19.2. The highest BCUT2D eigenvalue weighted by molar-refractivity contribution is 6.08. The summed E-state index contributed by atoms with van der Waals surface area (Å²) in [7, 11) is 4.84. The van der Waals surface area contributed by atoms with Crippen LogP contribution < -0.4 is 22.3 Å². The van der Waals surface area contributed by atoms with Gasteiger partial charge in [0.15, 0.2) is 24.7 Å². The van der Waals surface area contributed by atoms with Gasteiger partial charge < -0.3 is 21.2 Å². The minimum Gasteiger partial charge on any atom is -0.379 e. The molecular formula is C13H24BF5N4O. The molecule has 0 saturated carbocycles. The molecule has 0 saturated heterocycles. The van der Waals surface area contributed by atoms with Gasteiger partial charge in [-0.15, -0.1) is 0 Å². The Morgan fingerprint density at radius 2 is 1.75 bits per heavy atom. The van der Waals surface area contributed by atoms with Gasteiger partial charge in [0.25, 0.3) is 0 Å². The Morgan fingerprint density at radius 1 is 1.08 bits per heavy atom. The Kier molecular flexibility index (Phi) is 12.9. The van der Waals surface area contributed by atoms with E-state index in [0.29, 0.717) is 13.2 Å². The summed E-state index contributed by atoms with van der Waals surface area (Å²) in [6.45, 7) is 1.06. The van der Waals surface area contributed by atoms with Crippen LogP contribution in [0.1, 0.15) is 0 Å². The lowest BCUT2D eigenvalue weighted by molar-refractivity contribution is 0.0133. The molecule has 24 heavy (non-hydrogen) atoms. The maximum Gasteiger partial charge on any atom is 0.169 e. The highest BCUT2D eigenvalue weighted by Crippen LogP contribution is 2.25. The lowest BCUT2D eigenvalue weighted by Gasteiger charge is -2.24. The molecule has 2 radical (unpaired) electrons. The van der Waals surface area contributed by atoms with Crippen LogP contribution in [0.4, 0.5) is 22.0 Å². The van der Waals surface area contributed by atoms with Crippen molar-refractivity contribution in [2.75, 3.05) is 32.8 Å². The zero-order valence-corrected chi connectivity index (χ0v) is 13.2. The van der Waals surface area contributed by atoms with E-state index in [2.05, 4.69) is 5.32 Å². The first kappa shape index (κ1) is 23.1. The van der Waals surface area contributed by atoms with Gasteiger partial charge in [-0.3, -0.25) is 5.84 Å². The molecule has 0 aromatic carbocycles. The first-order valence-corrected chi connectivity index (χ1v) is 7.44. The Hall–Kier alpha value is -0.905. The third-order valence-electron chi connectivity index (χ3n) is 3.10. The van der Waals surface area contributed by atoms with Crippen molar-refractivity contribution < 1.29 is 26.7 Å². The normalized spacial score (nSPS) is 18.7. The molecule has 11 heteroatoms. The largest absolute Gasteiger partial charge is 0.379 e. The number of ether oxygens (including phenoxy) is 1. The van der Waals surface area contributed by atoms with E-state index in [1.807, 2.05) is 5.43 Å². The topological polar surface area (TPSA) is 85.3 Å². The van der Waals surface area contributed by atoms with E-state index in [-0.39, 0.29) is 25.3 Å². The molecule has 5 atom stereocenters. The molecule has 0 bridgehead atoms. The van der Waals surface area contributed by atoms with Gasteiger partial charge in [-0.1, -0.05) is 6.32 Å². The molecule has 0 aliphatic rings. The van der Waals surface area contributed by atoms with Gasteiger partial charge in [0.05, 0.1) is 21.1 Å². The Labute approximate surface area is 139 Å². The minimum atomic E-state index is -2.99. The molecule has 5 unspecified atom stereocenters. The first-order chi connectivity index (χ1) is 11.4. The molecule has 0 rings (SSSR count). The van der Waals surface area contributed by atoms with E-state index in [0.717, 1.165) is 6.20 Å². The fraction of sp³-hybridized carbons (Fsp3) is 0.846. The molecule has 140 valence electrons. The van der Waals surface area contributed by atoms with Gasteiger partial charge in [0, 0.05) is 25.8 Å². The fourth-order valence-electron chi connectivity index (χ4n) is 1.77. The van der Waals surface area contributed by atoms with Gasteiger partial charge in [0.2, 0.25) is 0 Å². The molecule has 0 spiro atoms. The van der Waals surface area contributed by atoms with Gasteiger partial charge in [-0.25, -0.2) is 22.0 Å². The predicted octanol–water partition coefficient (Wildman–Crippen LogP) is 0.176. The summed E-state index contributed by atoms with van der Waals surface area (Å²) >= 11 is 0. The van der Waals surface area contributed by atoms with E-state index in [9.17, 15) is 22.0 Å². The van der Waals surface area contributed by atoms with Crippen LogP contribution in [0.3, 0.4) is 0 Å². The number of nitrogens with one attached hydrogen (secondary N) is 2. The van der Waals surface area contributed by atoms with Crippen molar-refractivity contribution in [2.24, 2.45) is 11.6 Å². The molecule has 0 aromatic rings. The van der Waals surface area contributed by atoms with E-state index < -0.39 is 37.2 Å². The molecule has 6 N–H and O–H groups in total. The summed E-state index contributed by atoms with van der Waals surface area (Å²) in [6.07, 6.45) is -13.6. The molecule has 0 aliphatic carbocycles. The third-order valence-corrected chi connectivity index (χ3v) is 3.10. The van der Waals surface area contributed by atoms with Gasteiger partial charge in [-0.2, -0.15) is 0 Å². The maximum atomic E-state index is 14.1. The fourth-order valence-corrected chi connectivity index (χ4v) is 1.77. The number of halogens is 5. The summed E-state index contributed by atoms with van der Waals surface area (Å²) < 4.78 is 72.9. The lowest BCUT2D eigenvalue weighted by atomic mass is 9.92. The molecule has 0 aromatic heterocycles. The second kappa shape index (κ2) is 13.4. The van der Waals surface area contributed by atoms with Gasteiger partial charge in [-0.05, 0) is 5.57 Å². The molecule has 0 heterocycles. The van der Waals surface area contributed by atoms with Crippen LogP contribution in [0.25, 0.3) is 0 Å². The second-order valence-corrected chi connectivity index (χ2v) is 4.95. The van der Waals surface area contributed by atoms with E-state index in [1.54, 1.807) is 0 Å². The number of rotatable bonds is 14.